The predicted molar refractivity (Wildman–Crippen MR) is 107 cm³/mol. The third kappa shape index (κ3) is 4.62. The number of anilines is 1. The van der Waals surface area contributed by atoms with E-state index in [1.165, 1.54) is 23.3 Å². The van der Waals surface area contributed by atoms with Crippen LogP contribution in [-0.4, -0.2) is 16.0 Å². The van der Waals surface area contributed by atoms with Gasteiger partial charge < -0.3 is 15.6 Å². The smallest absolute Gasteiger partial charge is 0.226 e. The lowest BCUT2D eigenvalue weighted by Crippen LogP contribution is -2.30. The molecule has 0 aliphatic heterocycles. The molecular weight excluding hydrogens is 371 g/mol. The lowest BCUT2D eigenvalue weighted by Gasteiger charge is -2.26. The van der Waals surface area contributed by atoms with Crippen LogP contribution in [0.2, 0.25) is 0 Å². The molecule has 6 nitrogen and oxygen atoms in total. The van der Waals surface area contributed by atoms with E-state index in [4.69, 9.17) is 10.3 Å². The number of carbonyl (C=O) groups excluding carboxylic acids is 1. The van der Waals surface area contributed by atoms with Crippen LogP contribution in [0.5, 0.6) is 0 Å². The van der Waals surface area contributed by atoms with Crippen molar-refractivity contribution in [3.05, 3.63) is 65.3 Å². The fourth-order valence-corrected chi connectivity index (χ4v) is 3.72. The van der Waals surface area contributed by atoms with E-state index < -0.39 is 0 Å². The summed E-state index contributed by atoms with van der Waals surface area (Å²) >= 11 is 0. The molecule has 2 aromatic carbocycles. The van der Waals surface area contributed by atoms with Crippen molar-refractivity contribution < 1.29 is 13.7 Å². The quantitative estimate of drug-likeness (QED) is 0.617. The monoisotopic (exact) mass is 394 g/mol. The van der Waals surface area contributed by atoms with E-state index in [0.717, 1.165) is 24.9 Å². The normalized spacial score (nSPS) is 15.7. The number of fused-ring (bicyclic) bond motifs is 1. The van der Waals surface area contributed by atoms with Gasteiger partial charge in [0.1, 0.15) is 5.82 Å². The zero-order chi connectivity index (χ0) is 20.2. The maximum absolute atomic E-state index is 13.0. The first-order chi connectivity index (χ1) is 14.1. The highest BCUT2D eigenvalue weighted by atomic mass is 19.1. The lowest BCUT2D eigenvalue weighted by atomic mass is 9.87. The van der Waals surface area contributed by atoms with E-state index in [9.17, 15) is 9.18 Å². The van der Waals surface area contributed by atoms with Crippen LogP contribution in [0.3, 0.4) is 0 Å². The summed E-state index contributed by atoms with van der Waals surface area (Å²) in [5, 5.41) is 7.06. The largest absolute Gasteiger partial charge is 0.399 e. The Kier molecular flexibility index (Phi) is 5.55. The maximum atomic E-state index is 13.0. The highest BCUT2D eigenvalue weighted by Crippen LogP contribution is 2.31. The molecule has 7 heteroatoms. The summed E-state index contributed by atoms with van der Waals surface area (Å²) in [6.07, 6.45) is 4.48. The molecule has 150 valence electrons. The molecule has 1 amide bonds. The number of carbonyl (C=O) groups is 1. The highest BCUT2D eigenvalue weighted by molar-refractivity contribution is 5.76. The van der Waals surface area contributed by atoms with Crippen LogP contribution in [0.1, 0.15) is 48.7 Å². The average Bonchev–Trinajstić information content (AvgIpc) is 3.17. The third-order valence-electron chi connectivity index (χ3n) is 5.18. The predicted octanol–water partition coefficient (Wildman–Crippen LogP) is 3.97. The van der Waals surface area contributed by atoms with Gasteiger partial charge >= 0.3 is 0 Å². The minimum absolute atomic E-state index is 0.0120. The van der Waals surface area contributed by atoms with Gasteiger partial charge in [-0.3, -0.25) is 4.79 Å². The number of nitrogens with one attached hydrogen (secondary N) is 1. The molecule has 0 saturated carbocycles. The molecule has 1 unspecified atom stereocenters. The zero-order valence-electron chi connectivity index (χ0n) is 16.0. The fraction of sp³-hybridized carbons (Fsp3) is 0.318. The fourth-order valence-electron chi connectivity index (χ4n) is 3.72. The number of nitrogens with zero attached hydrogens (tertiary/aromatic N) is 2. The molecule has 29 heavy (non-hydrogen) atoms. The van der Waals surface area contributed by atoms with E-state index in [1.54, 1.807) is 12.1 Å². The van der Waals surface area contributed by atoms with Gasteiger partial charge in [0.25, 0.3) is 0 Å². The number of amides is 1. The number of aryl methyl sites for hydroxylation is 2. The van der Waals surface area contributed by atoms with Gasteiger partial charge in [0.15, 0.2) is 0 Å². The van der Waals surface area contributed by atoms with Crippen LogP contribution in [0.15, 0.2) is 47.0 Å². The highest BCUT2D eigenvalue weighted by Gasteiger charge is 2.21. The molecule has 1 aliphatic carbocycles. The topological polar surface area (TPSA) is 94.0 Å². The van der Waals surface area contributed by atoms with Crippen LogP contribution in [0.4, 0.5) is 10.1 Å². The van der Waals surface area contributed by atoms with E-state index in [0.29, 0.717) is 36.5 Å². The van der Waals surface area contributed by atoms with Gasteiger partial charge in [-0.25, -0.2) is 4.39 Å². The summed E-state index contributed by atoms with van der Waals surface area (Å²) in [6, 6.07) is 11.9. The first kappa shape index (κ1) is 19.1. The number of hydrogen-bond donors (Lipinski definition) is 2. The third-order valence-corrected chi connectivity index (χ3v) is 5.18. The van der Waals surface area contributed by atoms with Crippen molar-refractivity contribution in [3.63, 3.8) is 0 Å². The van der Waals surface area contributed by atoms with Crippen LogP contribution in [-0.2, 0) is 17.6 Å². The van der Waals surface area contributed by atoms with Gasteiger partial charge in [0.05, 0.1) is 6.04 Å². The first-order valence-electron chi connectivity index (χ1n) is 9.84. The number of benzene rings is 2. The van der Waals surface area contributed by atoms with E-state index >= 15 is 0 Å². The Morgan fingerprint density at radius 1 is 1.24 bits per heavy atom. The van der Waals surface area contributed by atoms with Crippen molar-refractivity contribution in [1.82, 2.24) is 15.5 Å². The van der Waals surface area contributed by atoms with Crippen LogP contribution in [0, 0.1) is 5.82 Å². The van der Waals surface area contributed by atoms with Crippen LogP contribution in [0.25, 0.3) is 11.4 Å². The number of nitrogen functional groups attached to an aromatic ring is 1. The van der Waals surface area contributed by atoms with E-state index in [1.807, 2.05) is 18.2 Å². The van der Waals surface area contributed by atoms with Crippen molar-refractivity contribution in [1.29, 1.82) is 0 Å². The van der Waals surface area contributed by atoms with Crippen LogP contribution < -0.4 is 11.1 Å². The number of nitrogens with two attached hydrogens (primary N) is 1. The Morgan fingerprint density at radius 2 is 2.07 bits per heavy atom. The van der Waals surface area contributed by atoms with Crippen molar-refractivity contribution in [2.24, 2.45) is 0 Å². The summed E-state index contributed by atoms with van der Waals surface area (Å²) in [4.78, 5) is 16.7. The summed E-state index contributed by atoms with van der Waals surface area (Å²) in [7, 11) is 0. The molecule has 0 radical (unpaired) electrons. The van der Waals surface area contributed by atoms with Crippen molar-refractivity contribution in [2.75, 3.05) is 5.73 Å². The molecule has 0 bridgehead atoms. The summed E-state index contributed by atoms with van der Waals surface area (Å²) in [6.45, 7) is 0. The second kappa shape index (κ2) is 8.43. The molecular formula is C22H23FN4O2. The Bertz CT molecular complexity index is 1000. The van der Waals surface area contributed by atoms with Crippen molar-refractivity contribution in [2.45, 2.75) is 44.6 Å². The maximum Gasteiger partial charge on any atom is 0.226 e. The van der Waals surface area contributed by atoms with Crippen molar-refractivity contribution in [3.8, 4) is 11.4 Å². The molecule has 4 rings (SSSR count). The molecule has 1 heterocycles. The molecule has 0 fully saturated rings. The number of aromatic nitrogens is 2. The Balaban J connectivity index is 1.28. The van der Waals surface area contributed by atoms with E-state index in [2.05, 4.69) is 15.5 Å². The van der Waals surface area contributed by atoms with Crippen molar-refractivity contribution >= 4 is 11.6 Å². The molecule has 0 spiro atoms. The number of halogens is 1. The number of hydrogen-bond acceptors (Lipinski definition) is 5. The van der Waals surface area contributed by atoms with Gasteiger partial charge in [-0.1, -0.05) is 11.2 Å². The second-order valence-electron chi connectivity index (χ2n) is 7.34. The molecule has 1 aromatic heterocycles. The minimum Gasteiger partial charge on any atom is -0.399 e. The molecule has 3 N–H and O–H groups in total. The summed E-state index contributed by atoms with van der Waals surface area (Å²) in [5.74, 6) is 0.587. The van der Waals surface area contributed by atoms with Crippen LogP contribution >= 0.6 is 0 Å². The molecule has 3 aromatic rings. The Labute approximate surface area is 168 Å². The minimum atomic E-state index is -0.312. The zero-order valence-corrected chi connectivity index (χ0v) is 16.0. The Morgan fingerprint density at radius 3 is 2.90 bits per heavy atom. The molecule has 1 atom stereocenters. The first-order valence-corrected chi connectivity index (χ1v) is 9.84. The average molecular weight is 394 g/mol. The van der Waals surface area contributed by atoms with Gasteiger partial charge in [0, 0.05) is 24.1 Å². The lowest BCUT2D eigenvalue weighted by molar-refractivity contribution is -0.122. The van der Waals surface area contributed by atoms with Gasteiger partial charge in [0.2, 0.25) is 17.6 Å². The SMILES string of the molecule is Nc1ccc2c(c1)CCCC2NC(=O)CCCc1nc(-c2ccc(F)cc2)no1. The summed E-state index contributed by atoms with van der Waals surface area (Å²) < 4.78 is 18.3. The van der Waals surface area contributed by atoms with Gasteiger partial charge in [-0.05, 0) is 73.2 Å². The number of rotatable bonds is 6. The standard InChI is InChI=1S/C22H23FN4O2/c23-16-9-7-14(8-10-16)22-26-21(29-27-22)6-2-5-20(28)25-19-4-1-3-15-13-17(24)11-12-18(15)19/h7-13,19H,1-6,24H2,(H,25,28). The van der Waals surface area contributed by atoms with Gasteiger partial charge in [-0.2, -0.15) is 4.98 Å². The van der Waals surface area contributed by atoms with Gasteiger partial charge in [-0.15, -0.1) is 0 Å². The molecule has 0 saturated heterocycles. The summed E-state index contributed by atoms with van der Waals surface area (Å²) in [5.41, 5.74) is 9.71. The molecule has 1 aliphatic rings. The Hall–Kier alpha value is -3.22. The van der Waals surface area contributed by atoms with E-state index in [-0.39, 0.29) is 17.8 Å². The second-order valence-corrected chi connectivity index (χ2v) is 7.34.